The molecule has 3 aromatic rings. The van der Waals surface area contributed by atoms with Gasteiger partial charge in [-0.25, -0.2) is 4.98 Å². The number of nitrogens with zero attached hydrogens (tertiary/aromatic N) is 4. The zero-order valence-electron chi connectivity index (χ0n) is 17.8. The summed E-state index contributed by atoms with van der Waals surface area (Å²) in [6, 6.07) is 8.37. The molecule has 1 atom stereocenters. The molecule has 0 aliphatic heterocycles. The van der Waals surface area contributed by atoms with Gasteiger partial charge in [0, 0.05) is 27.0 Å². The fourth-order valence-electron chi connectivity index (χ4n) is 3.06. The van der Waals surface area contributed by atoms with Crippen LogP contribution in [0.2, 0.25) is 0 Å². The van der Waals surface area contributed by atoms with Crippen molar-refractivity contribution in [1.29, 1.82) is 0 Å². The Balaban J connectivity index is 2.20. The highest BCUT2D eigenvalue weighted by molar-refractivity contribution is 9.10. The van der Waals surface area contributed by atoms with Crippen LogP contribution in [0.5, 0.6) is 5.75 Å². The molecule has 0 unspecified atom stereocenters. The average Bonchev–Trinajstić information content (AvgIpc) is 2.75. The molecule has 0 radical (unpaired) electrons. The fraction of sp³-hybridized carbons (Fsp3) is 0.318. The topological polar surface area (TPSA) is 99.6 Å². The van der Waals surface area contributed by atoms with E-state index in [1.54, 1.807) is 18.2 Å². The third kappa shape index (κ3) is 5.24. The van der Waals surface area contributed by atoms with Crippen LogP contribution in [-0.2, 0) is 6.42 Å². The predicted octanol–water partition coefficient (Wildman–Crippen LogP) is 5.84. The number of rotatable bonds is 8. The van der Waals surface area contributed by atoms with E-state index in [1.165, 1.54) is 17.0 Å². The van der Waals surface area contributed by atoms with Gasteiger partial charge in [-0.2, -0.15) is 9.78 Å². The van der Waals surface area contributed by atoms with E-state index in [1.807, 2.05) is 26.8 Å². The SMILES string of the molecule is CCCc1nc2ccc(Br)cc2c(=O)n1N=Cc1cc(Br)cc([N+](=O)[O-])c1O[C@H](C)CC. The van der Waals surface area contributed by atoms with E-state index in [0.29, 0.717) is 39.6 Å². The zero-order chi connectivity index (χ0) is 23.4. The minimum absolute atomic E-state index is 0.109. The van der Waals surface area contributed by atoms with Crippen molar-refractivity contribution in [3.8, 4) is 5.75 Å². The minimum Gasteiger partial charge on any atom is -0.483 e. The van der Waals surface area contributed by atoms with E-state index in [4.69, 9.17) is 4.74 Å². The predicted molar refractivity (Wildman–Crippen MR) is 132 cm³/mol. The number of fused-ring (bicyclic) bond motifs is 1. The number of halogens is 2. The molecule has 0 bridgehead atoms. The summed E-state index contributed by atoms with van der Waals surface area (Å²) in [6.45, 7) is 5.75. The second-order valence-electron chi connectivity index (χ2n) is 7.24. The summed E-state index contributed by atoms with van der Waals surface area (Å²) in [5.74, 6) is 0.621. The largest absolute Gasteiger partial charge is 0.483 e. The molecule has 10 heteroatoms. The molecule has 2 aromatic carbocycles. The molecule has 1 heterocycles. The quantitative estimate of drug-likeness (QED) is 0.194. The first-order valence-electron chi connectivity index (χ1n) is 10.1. The number of nitro groups is 1. The first-order valence-corrected chi connectivity index (χ1v) is 11.7. The lowest BCUT2D eigenvalue weighted by molar-refractivity contribution is -0.386. The van der Waals surface area contributed by atoms with Crippen LogP contribution >= 0.6 is 31.9 Å². The second-order valence-corrected chi connectivity index (χ2v) is 9.07. The van der Waals surface area contributed by atoms with E-state index in [-0.39, 0.29) is 23.1 Å². The maximum absolute atomic E-state index is 13.2. The number of benzene rings is 2. The summed E-state index contributed by atoms with van der Waals surface area (Å²) < 4.78 is 8.37. The van der Waals surface area contributed by atoms with Crippen LogP contribution in [0.15, 0.2) is 49.2 Å². The molecule has 1 aromatic heterocycles. The van der Waals surface area contributed by atoms with Gasteiger partial charge in [0.2, 0.25) is 5.75 Å². The zero-order valence-corrected chi connectivity index (χ0v) is 21.0. The highest BCUT2D eigenvalue weighted by Crippen LogP contribution is 2.35. The van der Waals surface area contributed by atoms with Crippen LogP contribution in [0.25, 0.3) is 10.9 Å². The standard InChI is InChI=1S/C22H22Br2N4O4/c1-4-6-20-26-18-8-7-15(23)10-17(18)22(29)27(20)25-12-14-9-16(24)11-19(28(30)31)21(14)32-13(3)5-2/h7-13H,4-6H2,1-3H3/t13-/m1/s1. The Hall–Kier alpha value is -2.59. The lowest BCUT2D eigenvalue weighted by atomic mass is 10.2. The molecule has 0 amide bonds. The average molecular weight is 566 g/mol. The molecule has 32 heavy (non-hydrogen) atoms. The molecule has 0 saturated heterocycles. The van der Waals surface area contributed by atoms with E-state index in [0.717, 1.165) is 10.9 Å². The van der Waals surface area contributed by atoms with Gasteiger partial charge in [-0.3, -0.25) is 14.9 Å². The molecule has 3 rings (SSSR count). The third-order valence-electron chi connectivity index (χ3n) is 4.81. The van der Waals surface area contributed by atoms with Crippen molar-refractivity contribution in [1.82, 2.24) is 9.66 Å². The van der Waals surface area contributed by atoms with Gasteiger partial charge in [0.25, 0.3) is 5.56 Å². The Bertz CT molecular complexity index is 1260. The molecule has 0 spiro atoms. The van der Waals surface area contributed by atoms with Crippen LogP contribution in [0.1, 0.15) is 45.0 Å². The number of aryl methyl sites for hydroxylation is 1. The maximum Gasteiger partial charge on any atom is 0.312 e. The summed E-state index contributed by atoms with van der Waals surface area (Å²) in [7, 11) is 0. The molecule has 0 N–H and O–H groups in total. The van der Waals surface area contributed by atoms with Crippen LogP contribution in [0, 0.1) is 10.1 Å². The van der Waals surface area contributed by atoms with Crippen LogP contribution in [0.4, 0.5) is 5.69 Å². The van der Waals surface area contributed by atoms with E-state index in [9.17, 15) is 14.9 Å². The van der Waals surface area contributed by atoms with Gasteiger partial charge in [0.05, 0.1) is 28.1 Å². The first kappa shape index (κ1) is 24.1. The highest BCUT2D eigenvalue weighted by atomic mass is 79.9. The van der Waals surface area contributed by atoms with Crippen molar-refractivity contribution in [2.45, 2.75) is 46.1 Å². The van der Waals surface area contributed by atoms with Gasteiger partial charge in [-0.05, 0) is 44.0 Å². The lowest BCUT2D eigenvalue weighted by Gasteiger charge is -2.15. The lowest BCUT2D eigenvalue weighted by Crippen LogP contribution is -2.22. The Kier molecular flexibility index (Phi) is 7.78. The van der Waals surface area contributed by atoms with Crippen molar-refractivity contribution >= 4 is 54.7 Å². The Labute approximate surface area is 201 Å². The van der Waals surface area contributed by atoms with Gasteiger partial charge in [0.15, 0.2) is 0 Å². The molecule has 0 fully saturated rings. The molecule has 0 aliphatic carbocycles. The molecule has 0 saturated carbocycles. The second kappa shape index (κ2) is 10.4. The van der Waals surface area contributed by atoms with Crippen LogP contribution in [-0.4, -0.2) is 26.9 Å². The first-order chi connectivity index (χ1) is 15.2. The number of ether oxygens (including phenoxy) is 1. The van der Waals surface area contributed by atoms with Crippen molar-refractivity contribution in [2.75, 3.05) is 0 Å². The Morgan fingerprint density at radius 3 is 2.66 bits per heavy atom. The normalized spacial score (nSPS) is 12.4. The van der Waals surface area contributed by atoms with Crippen molar-refractivity contribution < 1.29 is 9.66 Å². The van der Waals surface area contributed by atoms with Gasteiger partial charge < -0.3 is 4.74 Å². The van der Waals surface area contributed by atoms with Crippen LogP contribution < -0.4 is 10.3 Å². The highest BCUT2D eigenvalue weighted by Gasteiger charge is 2.22. The number of hydrogen-bond acceptors (Lipinski definition) is 6. The van der Waals surface area contributed by atoms with Gasteiger partial charge in [-0.15, -0.1) is 0 Å². The molecular weight excluding hydrogens is 544 g/mol. The minimum atomic E-state index is -0.496. The summed E-state index contributed by atoms with van der Waals surface area (Å²) in [5.41, 5.74) is 0.481. The van der Waals surface area contributed by atoms with Gasteiger partial charge >= 0.3 is 5.69 Å². The van der Waals surface area contributed by atoms with Crippen molar-refractivity contribution in [3.05, 3.63) is 71.1 Å². The summed E-state index contributed by atoms with van der Waals surface area (Å²) in [5, 5.41) is 16.4. The fourth-order valence-corrected chi connectivity index (χ4v) is 3.89. The number of nitro benzene ring substituents is 1. The molecule has 8 nitrogen and oxygen atoms in total. The van der Waals surface area contributed by atoms with Crippen molar-refractivity contribution in [3.63, 3.8) is 0 Å². The summed E-state index contributed by atoms with van der Waals surface area (Å²) >= 11 is 6.70. The molecular formula is C22H22Br2N4O4. The monoisotopic (exact) mass is 564 g/mol. The van der Waals surface area contributed by atoms with E-state index >= 15 is 0 Å². The van der Waals surface area contributed by atoms with Crippen molar-refractivity contribution in [2.24, 2.45) is 5.10 Å². The Morgan fingerprint density at radius 2 is 2.00 bits per heavy atom. The molecule has 0 aliphatic rings. The van der Waals surface area contributed by atoms with E-state index < -0.39 is 4.92 Å². The summed E-state index contributed by atoms with van der Waals surface area (Å²) in [6.07, 6.45) is 3.16. The van der Waals surface area contributed by atoms with Gasteiger partial charge in [-0.1, -0.05) is 45.7 Å². The third-order valence-corrected chi connectivity index (χ3v) is 5.77. The van der Waals surface area contributed by atoms with Crippen LogP contribution in [0.3, 0.4) is 0 Å². The number of aromatic nitrogens is 2. The number of hydrogen-bond donors (Lipinski definition) is 0. The van der Waals surface area contributed by atoms with E-state index in [2.05, 4.69) is 41.9 Å². The molecule has 168 valence electrons. The Morgan fingerprint density at radius 1 is 1.25 bits per heavy atom. The smallest absolute Gasteiger partial charge is 0.312 e. The maximum atomic E-state index is 13.2. The van der Waals surface area contributed by atoms with Gasteiger partial charge in [0.1, 0.15) is 5.82 Å². The summed E-state index contributed by atoms with van der Waals surface area (Å²) in [4.78, 5) is 28.9.